The molecule has 0 saturated heterocycles. The van der Waals surface area contributed by atoms with Crippen molar-refractivity contribution < 1.29 is 18.8 Å². The van der Waals surface area contributed by atoms with Gasteiger partial charge in [0, 0.05) is 10.6 Å². The Morgan fingerprint density at radius 1 is 1.05 bits per heavy atom. The van der Waals surface area contributed by atoms with Crippen LogP contribution in [0.3, 0.4) is 0 Å². The van der Waals surface area contributed by atoms with Crippen LogP contribution in [-0.2, 0) is 5.75 Å². The molecule has 6 heteroatoms. The minimum Gasteiger partial charge on any atom is -0.423 e. The number of rotatable bonds is 4. The van der Waals surface area contributed by atoms with Gasteiger partial charge in [0.25, 0.3) is 0 Å². The fourth-order valence-electron chi connectivity index (χ4n) is 1.66. The lowest BCUT2D eigenvalue weighted by Gasteiger charge is -2.08. The van der Waals surface area contributed by atoms with Crippen LogP contribution in [0.15, 0.2) is 47.4 Å². The van der Waals surface area contributed by atoms with E-state index in [4.69, 9.17) is 0 Å². The highest BCUT2D eigenvalue weighted by Crippen LogP contribution is 2.25. The number of benzene rings is 2. The summed E-state index contributed by atoms with van der Waals surface area (Å²) in [5.41, 5.74) is 1.04. The van der Waals surface area contributed by atoms with Crippen LogP contribution in [0.1, 0.15) is 5.56 Å². The molecule has 0 aliphatic rings. The first-order valence-electron chi connectivity index (χ1n) is 5.59. The SMILES string of the molecule is OB(O)c1ccccc1CSc1cc(F)ccc1F. The zero-order valence-corrected chi connectivity index (χ0v) is 10.7. The summed E-state index contributed by atoms with van der Waals surface area (Å²) in [7, 11) is -1.57. The Morgan fingerprint density at radius 2 is 1.79 bits per heavy atom. The molecule has 0 aromatic heterocycles. The average Bonchev–Trinajstić information content (AvgIpc) is 2.40. The number of hydrogen-bond acceptors (Lipinski definition) is 3. The van der Waals surface area contributed by atoms with Gasteiger partial charge in [-0.2, -0.15) is 0 Å². The van der Waals surface area contributed by atoms with Gasteiger partial charge >= 0.3 is 7.12 Å². The Labute approximate surface area is 114 Å². The zero-order chi connectivity index (χ0) is 13.8. The van der Waals surface area contributed by atoms with Crippen LogP contribution in [0.5, 0.6) is 0 Å². The first kappa shape index (κ1) is 14.1. The van der Waals surface area contributed by atoms with E-state index in [9.17, 15) is 18.8 Å². The second-order valence-electron chi connectivity index (χ2n) is 3.94. The van der Waals surface area contributed by atoms with Gasteiger partial charge in [-0.05, 0) is 29.2 Å². The second kappa shape index (κ2) is 6.19. The van der Waals surface area contributed by atoms with E-state index in [0.717, 1.165) is 30.0 Å². The van der Waals surface area contributed by atoms with Crippen LogP contribution in [0.2, 0.25) is 0 Å². The first-order valence-corrected chi connectivity index (χ1v) is 6.58. The summed E-state index contributed by atoms with van der Waals surface area (Å²) in [5.74, 6) is -0.665. The predicted octanol–water partition coefficient (Wildman–Crippen LogP) is 1.94. The molecular weight excluding hydrogens is 269 g/mol. The van der Waals surface area contributed by atoms with E-state index in [0.29, 0.717) is 16.8 Å². The monoisotopic (exact) mass is 280 g/mol. The van der Waals surface area contributed by atoms with Crippen molar-refractivity contribution in [3.63, 3.8) is 0 Å². The lowest BCUT2D eigenvalue weighted by molar-refractivity contribution is 0.425. The maximum absolute atomic E-state index is 13.4. The van der Waals surface area contributed by atoms with E-state index >= 15 is 0 Å². The molecule has 2 N–H and O–H groups in total. The van der Waals surface area contributed by atoms with E-state index in [2.05, 4.69) is 0 Å². The highest BCUT2D eigenvalue weighted by atomic mass is 32.2. The van der Waals surface area contributed by atoms with Crippen LogP contribution in [0, 0.1) is 11.6 Å². The zero-order valence-electron chi connectivity index (χ0n) is 9.88. The van der Waals surface area contributed by atoms with Gasteiger partial charge < -0.3 is 10.0 Å². The number of hydrogen-bond donors (Lipinski definition) is 2. The third-order valence-corrected chi connectivity index (χ3v) is 3.69. The average molecular weight is 280 g/mol. The van der Waals surface area contributed by atoms with Crippen molar-refractivity contribution in [3.8, 4) is 0 Å². The molecule has 0 fully saturated rings. The highest BCUT2D eigenvalue weighted by molar-refractivity contribution is 7.98. The Hall–Kier alpha value is -1.37. The molecule has 2 rings (SSSR count). The third kappa shape index (κ3) is 3.56. The number of thioether (sulfide) groups is 1. The summed E-state index contributed by atoms with van der Waals surface area (Å²) in [4.78, 5) is 0.197. The van der Waals surface area contributed by atoms with E-state index in [-0.39, 0.29) is 4.90 Å². The van der Waals surface area contributed by atoms with Gasteiger partial charge in [0.15, 0.2) is 0 Å². The third-order valence-electron chi connectivity index (χ3n) is 2.61. The maximum atomic E-state index is 13.4. The molecule has 0 unspecified atom stereocenters. The topological polar surface area (TPSA) is 40.5 Å². The molecule has 0 amide bonds. The fourth-order valence-corrected chi connectivity index (χ4v) is 2.64. The van der Waals surface area contributed by atoms with E-state index < -0.39 is 18.8 Å². The van der Waals surface area contributed by atoms with Gasteiger partial charge in [0.1, 0.15) is 11.6 Å². The summed E-state index contributed by atoms with van der Waals surface area (Å²) < 4.78 is 26.5. The van der Waals surface area contributed by atoms with Gasteiger partial charge in [0.2, 0.25) is 0 Å². The van der Waals surface area contributed by atoms with Crippen LogP contribution < -0.4 is 5.46 Å². The quantitative estimate of drug-likeness (QED) is 0.664. The normalized spacial score (nSPS) is 10.5. The summed E-state index contributed by atoms with van der Waals surface area (Å²) in [6.45, 7) is 0. The van der Waals surface area contributed by atoms with E-state index in [1.807, 2.05) is 0 Å². The molecule has 0 atom stereocenters. The molecule has 0 aliphatic heterocycles. The molecule has 0 radical (unpaired) electrons. The van der Waals surface area contributed by atoms with Crippen molar-refractivity contribution in [2.75, 3.05) is 0 Å². The minimum atomic E-state index is -1.57. The molecule has 2 aromatic carbocycles. The maximum Gasteiger partial charge on any atom is 0.488 e. The number of halogens is 2. The Morgan fingerprint density at radius 3 is 2.53 bits per heavy atom. The van der Waals surface area contributed by atoms with Gasteiger partial charge in [-0.25, -0.2) is 8.78 Å². The van der Waals surface area contributed by atoms with Gasteiger partial charge in [0.05, 0.1) is 0 Å². The standard InChI is InChI=1S/C13H11BF2O2S/c15-10-5-6-12(16)13(7-10)19-8-9-3-1-2-4-11(9)14(17)18/h1-7,17-18H,8H2. The first-order chi connectivity index (χ1) is 9.08. The predicted molar refractivity (Wildman–Crippen MR) is 72.2 cm³/mol. The molecule has 0 bridgehead atoms. The minimum absolute atomic E-state index is 0.197. The van der Waals surface area contributed by atoms with Crippen LogP contribution in [0.25, 0.3) is 0 Å². The molecule has 2 aromatic rings. The Bertz CT molecular complexity index is 578. The summed E-state index contributed by atoms with van der Waals surface area (Å²) >= 11 is 1.11. The second-order valence-corrected chi connectivity index (χ2v) is 4.95. The van der Waals surface area contributed by atoms with Crippen molar-refractivity contribution >= 4 is 24.3 Å². The molecular formula is C13H11BF2O2S. The van der Waals surface area contributed by atoms with Crippen molar-refractivity contribution in [3.05, 3.63) is 59.7 Å². The Kier molecular flexibility index (Phi) is 4.58. The summed E-state index contributed by atoms with van der Waals surface area (Å²) in [6.07, 6.45) is 0. The highest BCUT2D eigenvalue weighted by Gasteiger charge is 2.15. The Balaban J connectivity index is 2.17. The molecule has 0 heterocycles. The van der Waals surface area contributed by atoms with Crippen molar-refractivity contribution in [1.82, 2.24) is 0 Å². The summed E-state index contributed by atoms with van der Waals surface area (Å²) in [6, 6.07) is 10.0. The van der Waals surface area contributed by atoms with Gasteiger partial charge in [-0.1, -0.05) is 24.3 Å². The molecule has 0 saturated carbocycles. The van der Waals surface area contributed by atoms with Crippen molar-refractivity contribution in [2.45, 2.75) is 10.6 Å². The van der Waals surface area contributed by atoms with Crippen LogP contribution in [-0.4, -0.2) is 17.2 Å². The van der Waals surface area contributed by atoms with Gasteiger partial charge in [-0.15, -0.1) is 11.8 Å². The van der Waals surface area contributed by atoms with Crippen molar-refractivity contribution in [1.29, 1.82) is 0 Å². The van der Waals surface area contributed by atoms with Gasteiger partial charge in [-0.3, -0.25) is 0 Å². The van der Waals surface area contributed by atoms with Crippen LogP contribution >= 0.6 is 11.8 Å². The van der Waals surface area contributed by atoms with Crippen molar-refractivity contribution in [2.24, 2.45) is 0 Å². The van der Waals surface area contributed by atoms with E-state index in [1.165, 1.54) is 0 Å². The molecule has 0 aliphatic carbocycles. The lowest BCUT2D eigenvalue weighted by atomic mass is 9.77. The summed E-state index contributed by atoms with van der Waals surface area (Å²) in [5, 5.41) is 18.4. The molecule has 19 heavy (non-hydrogen) atoms. The largest absolute Gasteiger partial charge is 0.488 e. The van der Waals surface area contributed by atoms with E-state index in [1.54, 1.807) is 24.3 Å². The smallest absolute Gasteiger partial charge is 0.423 e. The molecule has 2 nitrogen and oxygen atoms in total. The fraction of sp³-hybridized carbons (Fsp3) is 0.0769. The lowest BCUT2D eigenvalue weighted by Crippen LogP contribution is -2.32. The molecule has 98 valence electrons. The van der Waals surface area contributed by atoms with Crippen LogP contribution in [0.4, 0.5) is 8.78 Å². The molecule has 0 spiro atoms.